The van der Waals surface area contributed by atoms with Crippen molar-refractivity contribution in [1.29, 1.82) is 5.26 Å². The van der Waals surface area contributed by atoms with E-state index in [2.05, 4.69) is 13.0 Å². The van der Waals surface area contributed by atoms with Gasteiger partial charge in [-0.3, -0.25) is 4.79 Å². The van der Waals surface area contributed by atoms with Gasteiger partial charge < -0.3 is 5.11 Å². The number of carboxylic acid groups (broad SMARTS) is 1. The molecule has 3 heteroatoms. The van der Waals surface area contributed by atoms with Gasteiger partial charge in [-0.1, -0.05) is 31.9 Å². The van der Waals surface area contributed by atoms with Crippen LogP contribution in [0.25, 0.3) is 0 Å². The summed E-state index contributed by atoms with van der Waals surface area (Å²) >= 11 is 0. The van der Waals surface area contributed by atoms with Crippen molar-refractivity contribution in [2.45, 2.75) is 50.9 Å². The second-order valence-corrected chi connectivity index (χ2v) is 5.81. The SMILES string of the molecule is CCCC1CCC(C(=O)O)(c2ccc(C#N)cc2)CC1. The van der Waals surface area contributed by atoms with Crippen molar-refractivity contribution in [3.63, 3.8) is 0 Å². The third-order valence-electron chi connectivity index (χ3n) is 4.63. The predicted octanol–water partition coefficient (Wildman–Crippen LogP) is 3.87. The van der Waals surface area contributed by atoms with Crippen molar-refractivity contribution in [3.05, 3.63) is 35.4 Å². The molecule has 0 saturated heterocycles. The number of nitrogens with zero attached hydrogens (tertiary/aromatic N) is 1. The first-order valence-corrected chi connectivity index (χ1v) is 7.36. The molecule has 1 saturated carbocycles. The zero-order chi connectivity index (χ0) is 14.6. The first-order valence-electron chi connectivity index (χ1n) is 7.36. The maximum Gasteiger partial charge on any atom is 0.314 e. The molecule has 0 bridgehead atoms. The number of benzene rings is 1. The molecule has 0 aromatic heterocycles. The van der Waals surface area contributed by atoms with Gasteiger partial charge in [0.1, 0.15) is 0 Å². The minimum atomic E-state index is -0.752. The van der Waals surface area contributed by atoms with Crippen LogP contribution in [-0.4, -0.2) is 11.1 Å². The lowest BCUT2D eigenvalue weighted by Crippen LogP contribution is -2.39. The molecule has 0 aliphatic heterocycles. The van der Waals surface area contributed by atoms with Crippen LogP contribution in [0.1, 0.15) is 56.6 Å². The Morgan fingerprint density at radius 3 is 2.40 bits per heavy atom. The summed E-state index contributed by atoms with van der Waals surface area (Å²) in [7, 11) is 0. The summed E-state index contributed by atoms with van der Waals surface area (Å²) in [6, 6.07) is 9.14. The molecule has 0 radical (unpaired) electrons. The van der Waals surface area contributed by atoms with Crippen LogP contribution in [0, 0.1) is 17.2 Å². The van der Waals surface area contributed by atoms with E-state index in [4.69, 9.17) is 5.26 Å². The monoisotopic (exact) mass is 271 g/mol. The fourth-order valence-electron chi connectivity index (χ4n) is 3.36. The number of nitriles is 1. The highest BCUT2D eigenvalue weighted by Crippen LogP contribution is 2.43. The van der Waals surface area contributed by atoms with Crippen molar-refractivity contribution in [3.8, 4) is 6.07 Å². The summed E-state index contributed by atoms with van der Waals surface area (Å²) in [6.07, 6.45) is 5.75. The Bertz CT molecular complexity index is 505. The van der Waals surface area contributed by atoms with Gasteiger partial charge in [0.05, 0.1) is 17.0 Å². The van der Waals surface area contributed by atoms with Crippen LogP contribution in [0.4, 0.5) is 0 Å². The van der Waals surface area contributed by atoms with Crippen molar-refractivity contribution >= 4 is 5.97 Å². The molecule has 1 aliphatic carbocycles. The second kappa shape index (κ2) is 6.09. The highest BCUT2D eigenvalue weighted by Gasteiger charge is 2.43. The molecule has 0 amide bonds. The average molecular weight is 271 g/mol. The largest absolute Gasteiger partial charge is 0.481 e. The van der Waals surface area contributed by atoms with Crippen LogP contribution in [-0.2, 0) is 10.2 Å². The van der Waals surface area contributed by atoms with E-state index in [1.54, 1.807) is 12.1 Å². The van der Waals surface area contributed by atoms with Gasteiger partial charge in [-0.25, -0.2) is 0 Å². The van der Waals surface area contributed by atoms with Crippen LogP contribution in [0.5, 0.6) is 0 Å². The number of hydrogen-bond donors (Lipinski definition) is 1. The third kappa shape index (κ3) is 2.70. The standard InChI is InChI=1S/C17H21NO2/c1-2-3-13-8-10-17(11-9-13,16(19)20)15-6-4-14(12-18)5-7-15/h4-7,13H,2-3,8-11H2,1H3,(H,19,20). The van der Waals surface area contributed by atoms with Crippen LogP contribution in [0.2, 0.25) is 0 Å². The first-order chi connectivity index (χ1) is 9.62. The van der Waals surface area contributed by atoms with Gasteiger partial charge in [0.25, 0.3) is 0 Å². The second-order valence-electron chi connectivity index (χ2n) is 5.81. The summed E-state index contributed by atoms with van der Waals surface area (Å²) in [4.78, 5) is 11.8. The molecule has 2 rings (SSSR count). The first kappa shape index (κ1) is 14.6. The van der Waals surface area contributed by atoms with E-state index in [9.17, 15) is 9.90 Å². The molecule has 1 fully saturated rings. The van der Waals surface area contributed by atoms with E-state index in [0.29, 0.717) is 24.3 Å². The van der Waals surface area contributed by atoms with Crippen LogP contribution in [0.3, 0.4) is 0 Å². The lowest BCUT2D eigenvalue weighted by atomic mass is 9.66. The van der Waals surface area contributed by atoms with E-state index in [1.165, 1.54) is 12.8 Å². The van der Waals surface area contributed by atoms with E-state index < -0.39 is 11.4 Å². The number of aliphatic carboxylic acids is 1. The van der Waals surface area contributed by atoms with Gasteiger partial charge in [-0.2, -0.15) is 5.26 Å². The summed E-state index contributed by atoms with van der Waals surface area (Å²) in [5, 5.41) is 18.6. The molecule has 1 aromatic rings. The summed E-state index contributed by atoms with van der Waals surface area (Å²) in [5.74, 6) is -0.0528. The Morgan fingerprint density at radius 1 is 1.35 bits per heavy atom. The lowest BCUT2D eigenvalue weighted by molar-refractivity contribution is -0.145. The molecule has 0 atom stereocenters. The van der Waals surface area contributed by atoms with Crippen molar-refractivity contribution in [2.75, 3.05) is 0 Å². The van der Waals surface area contributed by atoms with Crippen molar-refractivity contribution in [1.82, 2.24) is 0 Å². The highest BCUT2D eigenvalue weighted by atomic mass is 16.4. The van der Waals surface area contributed by atoms with Crippen LogP contribution < -0.4 is 0 Å². The molecule has 0 spiro atoms. The Balaban J connectivity index is 2.23. The Hall–Kier alpha value is -1.82. The molecule has 20 heavy (non-hydrogen) atoms. The Labute approximate surface area is 120 Å². The van der Waals surface area contributed by atoms with Gasteiger partial charge in [-0.15, -0.1) is 0 Å². The Morgan fingerprint density at radius 2 is 1.95 bits per heavy atom. The van der Waals surface area contributed by atoms with Crippen molar-refractivity contribution < 1.29 is 9.90 Å². The van der Waals surface area contributed by atoms with Gasteiger partial charge in [0.2, 0.25) is 0 Å². The molecule has 1 aliphatic rings. The van der Waals surface area contributed by atoms with Crippen LogP contribution >= 0.6 is 0 Å². The van der Waals surface area contributed by atoms with Gasteiger partial charge >= 0.3 is 5.97 Å². The molecular formula is C17H21NO2. The third-order valence-corrected chi connectivity index (χ3v) is 4.63. The fraction of sp³-hybridized carbons (Fsp3) is 0.529. The summed E-state index contributed by atoms with van der Waals surface area (Å²) in [5.41, 5.74) is 0.672. The molecule has 106 valence electrons. The number of hydrogen-bond acceptors (Lipinski definition) is 2. The zero-order valence-corrected chi connectivity index (χ0v) is 11.9. The molecule has 3 nitrogen and oxygen atoms in total. The smallest absolute Gasteiger partial charge is 0.314 e. The molecular weight excluding hydrogens is 250 g/mol. The van der Waals surface area contributed by atoms with Crippen molar-refractivity contribution in [2.24, 2.45) is 5.92 Å². The molecule has 1 aromatic carbocycles. The minimum absolute atomic E-state index is 0.578. The maximum atomic E-state index is 11.8. The number of rotatable bonds is 4. The number of carboxylic acids is 1. The van der Waals surface area contributed by atoms with Gasteiger partial charge in [0.15, 0.2) is 0 Å². The van der Waals surface area contributed by atoms with E-state index in [0.717, 1.165) is 18.4 Å². The molecule has 1 N–H and O–H groups in total. The van der Waals surface area contributed by atoms with E-state index in [1.807, 2.05) is 12.1 Å². The maximum absolute atomic E-state index is 11.8. The van der Waals surface area contributed by atoms with E-state index >= 15 is 0 Å². The highest BCUT2D eigenvalue weighted by molar-refractivity contribution is 5.81. The molecule has 0 unspecified atom stereocenters. The van der Waals surface area contributed by atoms with Gasteiger partial charge in [0, 0.05) is 0 Å². The van der Waals surface area contributed by atoms with Crippen LogP contribution in [0.15, 0.2) is 24.3 Å². The topological polar surface area (TPSA) is 61.1 Å². The number of carbonyl (C=O) groups is 1. The average Bonchev–Trinajstić information content (AvgIpc) is 2.48. The predicted molar refractivity (Wildman–Crippen MR) is 77.3 cm³/mol. The fourth-order valence-corrected chi connectivity index (χ4v) is 3.36. The zero-order valence-electron chi connectivity index (χ0n) is 11.9. The normalized spacial score (nSPS) is 25.9. The van der Waals surface area contributed by atoms with E-state index in [-0.39, 0.29) is 0 Å². The molecule has 0 heterocycles. The Kier molecular flexibility index (Phi) is 4.44. The van der Waals surface area contributed by atoms with Gasteiger partial charge in [-0.05, 0) is 49.3 Å². The lowest BCUT2D eigenvalue weighted by Gasteiger charge is -2.37. The summed E-state index contributed by atoms with van der Waals surface area (Å²) in [6.45, 7) is 2.18. The minimum Gasteiger partial charge on any atom is -0.481 e. The quantitative estimate of drug-likeness (QED) is 0.904. The summed E-state index contributed by atoms with van der Waals surface area (Å²) < 4.78 is 0.